The largest absolute Gasteiger partial charge is 0.0590 e. The highest BCUT2D eigenvalue weighted by Crippen LogP contribution is 2.27. The van der Waals surface area contributed by atoms with E-state index in [1.807, 2.05) is 0 Å². The van der Waals surface area contributed by atoms with Crippen molar-refractivity contribution in [1.82, 2.24) is 0 Å². The van der Waals surface area contributed by atoms with Gasteiger partial charge in [-0.2, -0.15) is 0 Å². The molecule has 0 radical (unpaired) electrons. The monoisotopic (exact) mass is 390 g/mol. The van der Waals surface area contributed by atoms with Crippen molar-refractivity contribution in [2.45, 2.75) is 40.5 Å². The fraction of sp³-hybridized carbons (Fsp3) is 0.200. The molecule has 0 bridgehead atoms. The molecule has 0 fully saturated rings. The number of hydrogen-bond acceptors (Lipinski definition) is 0. The van der Waals surface area contributed by atoms with Crippen molar-refractivity contribution in [2.75, 3.05) is 0 Å². The number of hydrogen-bond donors (Lipinski definition) is 0. The maximum Gasteiger partial charge on any atom is -0.00229 e. The lowest BCUT2D eigenvalue weighted by molar-refractivity contribution is 1.14. The topological polar surface area (TPSA) is 0 Å². The summed E-state index contributed by atoms with van der Waals surface area (Å²) in [6, 6.07) is 31.6. The van der Waals surface area contributed by atoms with Crippen molar-refractivity contribution >= 4 is 0 Å². The fourth-order valence-corrected chi connectivity index (χ4v) is 3.93. The van der Waals surface area contributed by atoms with Gasteiger partial charge >= 0.3 is 0 Å². The second-order valence-corrected chi connectivity index (χ2v) is 8.61. The van der Waals surface area contributed by atoms with E-state index in [1.54, 1.807) is 0 Å². The Balaban J connectivity index is 1.63. The number of benzene rings is 4. The molecule has 4 aromatic rings. The summed E-state index contributed by atoms with van der Waals surface area (Å²) in [6.45, 7) is 8.71. The Labute approximate surface area is 181 Å². The standard InChI is InChI=1S/C30H30/c1-21-5-11-25(12-6-21)17-29-19-27(15-9-23(29)3)28-16-10-24(4)30(20-28)18-26-13-7-22(2)8-14-26/h5-16,19-20H,17-18H2,1-4H3. The molecule has 0 N–H and O–H groups in total. The average molecular weight is 391 g/mol. The van der Waals surface area contributed by atoms with E-state index in [0.717, 1.165) is 12.8 Å². The molecule has 0 heteroatoms. The van der Waals surface area contributed by atoms with Crippen LogP contribution in [-0.4, -0.2) is 0 Å². The highest BCUT2D eigenvalue weighted by molar-refractivity contribution is 5.67. The van der Waals surface area contributed by atoms with Gasteiger partial charge in [-0.25, -0.2) is 0 Å². The summed E-state index contributed by atoms with van der Waals surface area (Å²) in [7, 11) is 0. The SMILES string of the molecule is Cc1ccc(Cc2cc(-c3ccc(C)c(Cc4ccc(C)cc4)c3)ccc2C)cc1. The van der Waals surface area contributed by atoms with Crippen molar-refractivity contribution in [1.29, 1.82) is 0 Å². The first-order valence-electron chi connectivity index (χ1n) is 10.8. The molecule has 0 heterocycles. The lowest BCUT2D eigenvalue weighted by Crippen LogP contribution is -1.95. The second kappa shape index (κ2) is 8.71. The molecule has 0 unspecified atom stereocenters. The van der Waals surface area contributed by atoms with Crippen LogP contribution in [0.15, 0.2) is 84.9 Å². The molecule has 0 aliphatic carbocycles. The first-order valence-corrected chi connectivity index (χ1v) is 10.8. The van der Waals surface area contributed by atoms with E-state index in [2.05, 4.69) is 113 Å². The molecule has 0 spiro atoms. The van der Waals surface area contributed by atoms with Gasteiger partial charge < -0.3 is 0 Å². The molecule has 0 nitrogen and oxygen atoms in total. The van der Waals surface area contributed by atoms with E-state index >= 15 is 0 Å². The summed E-state index contributed by atoms with van der Waals surface area (Å²) in [6.07, 6.45) is 1.95. The molecule has 4 aromatic carbocycles. The van der Waals surface area contributed by atoms with Gasteiger partial charge in [0.25, 0.3) is 0 Å². The minimum absolute atomic E-state index is 0.974. The summed E-state index contributed by atoms with van der Waals surface area (Å²) in [5, 5.41) is 0. The van der Waals surface area contributed by atoms with Gasteiger partial charge in [-0.1, -0.05) is 96.1 Å². The van der Waals surface area contributed by atoms with Crippen LogP contribution < -0.4 is 0 Å². The fourth-order valence-electron chi connectivity index (χ4n) is 3.93. The van der Waals surface area contributed by atoms with Crippen molar-refractivity contribution in [3.8, 4) is 11.1 Å². The van der Waals surface area contributed by atoms with Gasteiger partial charge in [-0.05, 0) is 85.0 Å². The predicted molar refractivity (Wildman–Crippen MR) is 129 cm³/mol. The Morgan fingerprint density at radius 2 is 0.800 bits per heavy atom. The Bertz CT molecular complexity index is 1050. The van der Waals surface area contributed by atoms with Gasteiger partial charge in [-0.15, -0.1) is 0 Å². The third-order valence-corrected chi connectivity index (χ3v) is 6.06. The predicted octanol–water partition coefficient (Wildman–Crippen LogP) is 7.77. The zero-order valence-corrected chi connectivity index (χ0v) is 18.5. The summed E-state index contributed by atoms with van der Waals surface area (Å²) < 4.78 is 0. The summed E-state index contributed by atoms with van der Waals surface area (Å²) in [5.41, 5.74) is 13.5. The van der Waals surface area contributed by atoms with Crippen LogP contribution in [0.25, 0.3) is 11.1 Å². The molecule has 0 atom stereocenters. The zero-order chi connectivity index (χ0) is 21.1. The van der Waals surface area contributed by atoms with Crippen LogP contribution in [0.2, 0.25) is 0 Å². The molecule has 30 heavy (non-hydrogen) atoms. The summed E-state index contributed by atoms with van der Waals surface area (Å²) in [4.78, 5) is 0. The minimum Gasteiger partial charge on any atom is -0.0590 e. The lowest BCUT2D eigenvalue weighted by atomic mass is 9.92. The second-order valence-electron chi connectivity index (χ2n) is 8.61. The molecule has 4 rings (SSSR count). The molecule has 0 saturated heterocycles. The Morgan fingerprint density at radius 3 is 1.17 bits per heavy atom. The van der Waals surface area contributed by atoms with E-state index in [-0.39, 0.29) is 0 Å². The summed E-state index contributed by atoms with van der Waals surface area (Å²) in [5.74, 6) is 0. The van der Waals surface area contributed by atoms with Gasteiger partial charge in [0.1, 0.15) is 0 Å². The van der Waals surface area contributed by atoms with Gasteiger partial charge in [-0.3, -0.25) is 0 Å². The first-order chi connectivity index (χ1) is 14.5. The quantitative estimate of drug-likeness (QED) is 0.326. The third-order valence-electron chi connectivity index (χ3n) is 6.06. The van der Waals surface area contributed by atoms with Crippen LogP contribution in [0, 0.1) is 27.7 Å². The third kappa shape index (κ3) is 4.71. The van der Waals surface area contributed by atoms with E-state index in [0.29, 0.717) is 0 Å². The highest BCUT2D eigenvalue weighted by Gasteiger charge is 2.07. The lowest BCUT2D eigenvalue weighted by Gasteiger charge is -2.13. The van der Waals surface area contributed by atoms with Crippen LogP contribution in [0.3, 0.4) is 0 Å². The van der Waals surface area contributed by atoms with Gasteiger partial charge in [0.15, 0.2) is 0 Å². The Morgan fingerprint density at radius 1 is 0.433 bits per heavy atom. The highest BCUT2D eigenvalue weighted by atomic mass is 14.1. The molecule has 0 aliphatic heterocycles. The maximum atomic E-state index is 2.37. The molecule has 0 amide bonds. The number of aryl methyl sites for hydroxylation is 4. The van der Waals surface area contributed by atoms with E-state index in [4.69, 9.17) is 0 Å². The van der Waals surface area contributed by atoms with E-state index < -0.39 is 0 Å². The van der Waals surface area contributed by atoms with Gasteiger partial charge in [0, 0.05) is 0 Å². The van der Waals surface area contributed by atoms with Crippen LogP contribution in [0.4, 0.5) is 0 Å². The Kier molecular flexibility index (Phi) is 5.86. The molecule has 0 aromatic heterocycles. The van der Waals surface area contributed by atoms with Crippen molar-refractivity contribution in [3.05, 3.63) is 129 Å². The van der Waals surface area contributed by atoms with E-state index in [9.17, 15) is 0 Å². The minimum atomic E-state index is 0.974. The zero-order valence-electron chi connectivity index (χ0n) is 18.5. The van der Waals surface area contributed by atoms with Crippen molar-refractivity contribution in [2.24, 2.45) is 0 Å². The normalized spacial score (nSPS) is 10.9. The Hall–Kier alpha value is -3.12. The molecule has 150 valence electrons. The average Bonchev–Trinajstić information content (AvgIpc) is 2.74. The van der Waals surface area contributed by atoms with Crippen LogP contribution in [-0.2, 0) is 12.8 Å². The van der Waals surface area contributed by atoms with Crippen LogP contribution >= 0.6 is 0 Å². The molecular weight excluding hydrogens is 360 g/mol. The van der Waals surface area contributed by atoms with Crippen molar-refractivity contribution in [3.63, 3.8) is 0 Å². The van der Waals surface area contributed by atoms with Gasteiger partial charge in [0.2, 0.25) is 0 Å². The van der Waals surface area contributed by atoms with Crippen molar-refractivity contribution < 1.29 is 0 Å². The van der Waals surface area contributed by atoms with E-state index in [1.165, 1.54) is 55.6 Å². The van der Waals surface area contributed by atoms with Crippen LogP contribution in [0.5, 0.6) is 0 Å². The smallest absolute Gasteiger partial charge is 0.00229 e. The van der Waals surface area contributed by atoms with Gasteiger partial charge in [0.05, 0.1) is 0 Å². The molecule has 0 aliphatic rings. The van der Waals surface area contributed by atoms with Crippen LogP contribution in [0.1, 0.15) is 44.5 Å². The first kappa shape index (κ1) is 20.2. The molecular formula is C30H30. The molecule has 0 saturated carbocycles. The maximum absolute atomic E-state index is 2.37. The number of rotatable bonds is 5. The summed E-state index contributed by atoms with van der Waals surface area (Å²) >= 11 is 0.